The lowest BCUT2D eigenvalue weighted by atomic mass is 10.0. The molecule has 132 valence electrons. The van der Waals surface area contributed by atoms with Crippen molar-refractivity contribution in [1.29, 1.82) is 0 Å². The van der Waals surface area contributed by atoms with Gasteiger partial charge in [-0.05, 0) is 0 Å². The molecule has 0 radical (unpaired) electrons. The van der Waals surface area contributed by atoms with Gasteiger partial charge >= 0.3 is 0 Å². The summed E-state index contributed by atoms with van der Waals surface area (Å²) in [6.45, 7) is 3.61. The number of carbonyl (C=O) groups is 2. The van der Waals surface area contributed by atoms with Gasteiger partial charge in [0.05, 0.1) is 12.5 Å². The molecule has 0 aromatic carbocycles. The Labute approximate surface area is 141 Å². The Bertz CT molecular complexity index is 602. The molecule has 0 bridgehead atoms. The molecule has 2 fully saturated rings. The first-order chi connectivity index (χ1) is 11.6. The summed E-state index contributed by atoms with van der Waals surface area (Å²) < 4.78 is 6.98. The number of nitrogens with zero attached hydrogens (tertiary/aromatic N) is 4. The molecular formula is C16H25N5O3. The Morgan fingerprint density at radius 1 is 1.50 bits per heavy atom. The molecule has 8 nitrogen and oxygen atoms in total. The topological polar surface area (TPSA) is 79.7 Å². The molecule has 3 heterocycles. The summed E-state index contributed by atoms with van der Waals surface area (Å²) in [5, 5.41) is 3.33. The Morgan fingerprint density at radius 3 is 3.04 bits per heavy atom. The highest BCUT2D eigenvalue weighted by atomic mass is 16.5. The number of aromatic nitrogens is 2. The first kappa shape index (κ1) is 16.9. The Balaban J connectivity index is 1.71. The fourth-order valence-electron chi connectivity index (χ4n) is 3.49. The molecule has 1 aromatic rings. The van der Waals surface area contributed by atoms with Gasteiger partial charge in [-0.1, -0.05) is 0 Å². The molecule has 2 aliphatic rings. The number of ether oxygens (including phenoxy) is 1. The number of nitrogens with one attached hydrogen (secondary N) is 1. The van der Waals surface area contributed by atoms with Crippen LogP contribution in [-0.4, -0.2) is 77.6 Å². The van der Waals surface area contributed by atoms with E-state index in [1.165, 1.54) is 0 Å². The minimum Gasteiger partial charge on any atom is -0.383 e. The van der Waals surface area contributed by atoms with Gasteiger partial charge in [-0.15, -0.1) is 0 Å². The lowest BCUT2D eigenvalue weighted by Crippen LogP contribution is -2.51. The highest BCUT2D eigenvalue weighted by Gasteiger charge is 2.39. The maximum Gasteiger partial charge on any atom is 0.228 e. The molecule has 0 spiro atoms. The van der Waals surface area contributed by atoms with Crippen molar-refractivity contribution in [3.63, 3.8) is 0 Å². The average Bonchev–Trinajstić information content (AvgIpc) is 3.18. The lowest BCUT2D eigenvalue weighted by Gasteiger charge is -2.37. The van der Waals surface area contributed by atoms with Crippen molar-refractivity contribution in [2.45, 2.75) is 12.5 Å². The molecule has 0 aliphatic carbocycles. The number of piperazine rings is 1. The van der Waals surface area contributed by atoms with Gasteiger partial charge < -0.3 is 24.4 Å². The molecule has 2 unspecified atom stereocenters. The lowest BCUT2D eigenvalue weighted by molar-refractivity contribution is -0.139. The van der Waals surface area contributed by atoms with Crippen molar-refractivity contribution in [2.75, 3.05) is 46.4 Å². The van der Waals surface area contributed by atoms with Crippen LogP contribution < -0.4 is 5.32 Å². The van der Waals surface area contributed by atoms with Crippen LogP contribution in [0.15, 0.2) is 12.4 Å². The third-order valence-corrected chi connectivity index (χ3v) is 4.81. The van der Waals surface area contributed by atoms with E-state index in [-0.39, 0.29) is 23.8 Å². The third-order valence-electron chi connectivity index (χ3n) is 4.81. The van der Waals surface area contributed by atoms with Crippen LogP contribution in [0.4, 0.5) is 0 Å². The molecular weight excluding hydrogens is 310 g/mol. The first-order valence-electron chi connectivity index (χ1n) is 8.37. The minimum atomic E-state index is -0.268. The quantitative estimate of drug-likeness (QED) is 0.776. The zero-order valence-electron chi connectivity index (χ0n) is 14.3. The molecule has 2 saturated heterocycles. The zero-order valence-corrected chi connectivity index (χ0v) is 14.3. The standard InChI is InChI=1S/C16H25N5O3/c1-19-5-4-18-15(19)13-10-17-3-6-21(13)16(23)12-9-14(22)20(11-12)7-8-24-2/h4-5,12-13,17H,3,6-11H2,1-2H3. The SMILES string of the molecule is COCCN1CC(C(=O)N2CCNCC2c2nccn2C)CC1=O. The van der Waals surface area contributed by atoms with Crippen LogP contribution >= 0.6 is 0 Å². The van der Waals surface area contributed by atoms with Crippen LogP contribution in [0.25, 0.3) is 0 Å². The fraction of sp³-hybridized carbons (Fsp3) is 0.688. The average molecular weight is 335 g/mol. The van der Waals surface area contributed by atoms with E-state index in [4.69, 9.17) is 4.74 Å². The summed E-state index contributed by atoms with van der Waals surface area (Å²) in [5.74, 6) is 0.693. The number of amides is 2. The van der Waals surface area contributed by atoms with E-state index in [1.807, 2.05) is 22.7 Å². The summed E-state index contributed by atoms with van der Waals surface area (Å²) in [4.78, 5) is 33.2. The molecule has 2 aliphatic heterocycles. The second-order valence-electron chi connectivity index (χ2n) is 6.38. The molecule has 3 rings (SSSR count). The van der Waals surface area contributed by atoms with Crippen molar-refractivity contribution in [2.24, 2.45) is 13.0 Å². The smallest absolute Gasteiger partial charge is 0.228 e. The molecule has 8 heteroatoms. The van der Waals surface area contributed by atoms with Crippen LogP contribution in [0.5, 0.6) is 0 Å². The van der Waals surface area contributed by atoms with Crippen molar-refractivity contribution in [3.8, 4) is 0 Å². The zero-order chi connectivity index (χ0) is 17.1. The molecule has 2 amide bonds. The number of hydrogen-bond acceptors (Lipinski definition) is 5. The van der Waals surface area contributed by atoms with E-state index in [9.17, 15) is 9.59 Å². The van der Waals surface area contributed by atoms with Gasteiger partial charge in [0.15, 0.2) is 0 Å². The molecule has 1 aromatic heterocycles. The predicted octanol–water partition coefficient (Wildman–Crippen LogP) is -0.612. The van der Waals surface area contributed by atoms with Gasteiger partial charge in [0, 0.05) is 65.7 Å². The van der Waals surface area contributed by atoms with Gasteiger partial charge in [-0.2, -0.15) is 0 Å². The van der Waals surface area contributed by atoms with Crippen molar-refractivity contribution < 1.29 is 14.3 Å². The summed E-state index contributed by atoms with van der Waals surface area (Å²) in [5.41, 5.74) is 0. The summed E-state index contributed by atoms with van der Waals surface area (Å²) in [6.07, 6.45) is 3.93. The van der Waals surface area contributed by atoms with Gasteiger partial charge in [0.1, 0.15) is 11.9 Å². The Kier molecular flexibility index (Phi) is 5.15. The van der Waals surface area contributed by atoms with E-state index in [2.05, 4.69) is 10.3 Å². The van der Waals surface area contributed by atoms with Crippen molar-refractivity contribution in [1.82, 2.24) is 24.7 Å². The Hall–Kier alpha value is -1.93. The highest BCUT2D eigenvalue weighted by molar-refractivity contribution is 5.89. The van der Waals surface area contributed by atoms with Gasteiger partial charge in [0.2, 0.25) is 11.8 Å². The molecule has 1 N–H and O–H groups in total. The third kappa shape index (κ3) is 3.29. The number of rotatable bonds is 5. The van der Waals surface area contributed by atoms with Crippen LogP contribution in [0, 0.1) is 5.92 Å². The normalized spacial score (nSPS) is 24.7. The van der Waals surface area contributed by atoms with Gasteiger partial charge in [-0.3, -0.25) is 9.59 Å². The first-order valence-corrected chi connectivity index (χ1v) is 8.37. The molecule has 24 heavy (non-hydrogen) atoms. The summed E-state index contributed by atoms with van der Waals surface area (Å²) >= 11 is 0. The van der Waals surface area contributed by atoms with E-state index >= 15 is 0 Å². The number of methoxy groups -OCH3 is 1. The van der Waals surface area contributed by atoms with Crippen LogP contribution in [0.2, 0.25) is 0 Å². The maximum atomic E-state index is 13.0. The second-order valence-corrected chi connectivity index (χ2v) is 6.38. The highest BCUT2D eigenvalue weighted by Crippen LogP contribution is 2.26. The summed E-state index contributed by atoms with van der Waals surface area (Å²) in [7, 11) is 3.55. The van der Waals surface area contributed by atoms with Crippen LogP contribution in [-0.2, 0) is 21.4 Å². The minimum absolute atomic E-state index is 0.0362. The van der Waals surface area contributed by atoms with Crippen LogP contribution in [0.3, 0.4) is 0 Å². The molecule has 2 atom stereocenters. The second kappa shape index (κ2) is 7.31. The fourth-order valence-corrected chi connectivity index (χ4v) is 3.49. The predicted molar refractivity (Wildman–Crippen MR) is 87.1 cm³/mol. The monoisotopic (exact) mass is 335 g/mol. The van der Waals surface area contributed by atoms with E-state index in [1.54, 1.807) is 18.2 Å². The Morgan fingerprint density at radius 2 is 2.33 bits per heavy atom. The largest absolute Gasteiger partial charge is 0.383 e. The van der Waals surface area contributed by atoms with Gasteiger partial charge in [0.25, 0.3) is 0 Å². The number of likely N-dealkylation sites (tertiary alicyclic amines) is 1. The van der Waals surface area contributed by atoms with Crippen molar-refractivity contribution in [3.05, 3.63) is 18.2 Å². The number of imidazole rings is 1. The number of hydrogen-bond donors (Lipinski definition) is 1. The maximum absolute atomic E-state index is 13.0. The van der Waals surface area contributed by atoms with E-state index < -0.39 is 0 Å². The number of aryl methyl sites for hydroxylation is 1. The van der Waals surface area contributed by atoms with Gasteiger partial charge in [-0.25, -0.2) is 4.98 Å². The number of carbonyl (C=O) groups excluding carboxylic acids is 2. The van der Waals surface area contributed by atoms with E-state index in [0.717, 1.165) is 12.4 Å². The molecule has 0 saturated carbocycles. The van der Waals surface area contributed by atoms with E-state index in [0.29, 0.717) is 39.2 Å². The summed E-state index contributed by atoms with van der Waals surface area (Å²) in [6, 6.07) is -0.0885. The van der Waals surface area contributed by atoms with Crippen LogP contribution in [0.1, 0.15) is 18.3 Å². The van der Waals surface area contributed by atoms with Crippen molar-refractivity contribution >= 4 is 11.8 Å².